The maximum Gasteiger partial charge on any atom is 0.340 e. The van der Waals surface area contributed by atoms with Gasteiger partial charge in [0.2, 0.25) is 0 Å². The molecule has 2 rings (SSSR count). The molecule has 0 saturated carbocycles. The molecule has 0 bridgehead atoms. The first-order valence-corrected chi connectivity index (χ1v) is 5.00. The van der Waals surface area contributed by atoms with E-state index in [1.54, 1.807) is 24.5 Å². The molecule has 3 nitrogen and oxygen atoms in total. The average Bonchev–Trinajstić information content (AvgIpc) is 2.39. The van der Waals surface area contributed by atoms with Crippen LogP contribution in [-0.2, 0) is 4.74 Å². The summed E-state index contributed by atoms with van der Waals surface area (Å²) in [4.78, 5) is 15.3. The zero-order valence-corrected chi connectivity index (χ0v) is 9.18. The molecule has 0 fully saturated rings. The Morgan fingerprint density at radius 2 is 2.12 bits per heavy atom. The fourth-order valence-electron chi connectivity index (χ4n) is 1.50. The standard InChI is InChI=1S/C13H10FNO2/c1-17-13(16)11-7-9(4-5-12(11)14)10-3-2-6-15-8-10/h2-8H,1H3. The van der Waals surface area contributed by atoms with Crippen LogP contribution in [0.15, 0.2) is 42.7 Å². The maximum atomic E-state index is 13.4. The van der Waals surface area contributed by atoms with E-state index in [-0.39, 0.29) is 5.56 Å². The molecule has 1 aromatic carbocycles. The van der Waals surface area contributed by atoms with Crippen molar-refractivity contribution < 1.29 is 13.9 Å². The summed E-state index contributed by atoms with van der Waals surface area (Å²) in [6, 6.07) is 7.91. The third-order valence-corrected chi connectivity index (χ3v) is 2.37. The molecule has 0 saturated heterocycles. The van der Waals surface area contributed by atoms with Crippen LogP contribution in [0.1, 0.15) is 10.4 Å². The Morgan fingerprint density at radius 1 is 1.29 bits per heavy atom. The monoisotopic (exact) mass is 231 g/mol. The van der Waals surface area contributed by atoms with E-state index in [0.717, 1.165) is 11.1 Å². The van der Waals surface area contributed by atoms with Crippen LogP contribution in [0.4, 0.5) is 4.39 Å². The van der Waals surface area contributed by atoms with Gasteiger partial charge in [-0.05, 0) is 23.8 Å². The van der Waals surface area contributed by atoms with Gasteiger partial charge in [0.25, 0.3) is 0 Å². The fraction of sp³-hybridized carbons (Fsp3) is 0.0769. The maximum absolute atomic E-state index is 13.4. The normalized spacial score (nSPS) is 10.0. The zero-order valence-electron chi connectivity index (χ0n) is 9.18. The molecule has 1 heterocycles. The van der Waals surface area contributed by atoms with Crippen molar-refractivity contribution in [2.24, 2.45) is 0 Å². The molecule has 4 heteroatoms. The highest BCUT2D eigenvalue weighted by atomic mass is 19.1. The first kappa shape index (κ1) is 11.3. The second kappa shape index (κ2) is 4.74. The van der Waals surface area contributed by atoms with Crippen molar-refractivity contribution in [1.82, 2.24) is 4.98 Å². The number of pyridine rings is 1. The van der Waals surface area contributed by atoms with Crippen LogP contribution >= 0.6 is 0 Å². The number of carbonyl (C=O) groups is 1. The van der Waals surface area contributed by atoms with Crippen LogP contribution in [0.5, 0.6) is 0 Å². The fourth-order valence-corrected chi connectivity index (χ4v) is 1.50. The van der Waals surface area contributed by atoms with Crippen molar-refractivity contribution in [1.29, 1.82) is 0 Å². The second-order valence-electron chi connectivity index (χ2n) is 3.43. The van der Waals surface area contributed by atoms with Crippen LogP contribution in [0.2, 0.25) is 0 Å². The van der Waals surface area contributed by atoms with Crippen LogP contribution in [0, 0.1) is 5.82 Å². The van der Waals surface area contributed by atoms with Gasteiger partial charge in [0, 0.05) is 18.0 Å². The van der Waals surface area contributed by atoms with Crippen molar-refractivity contribution in [2.45, 2.75) is 0 Å². The summed E-state index contributed by atoms with van der Waals surface area (Å²) in [5, 5.41) is 0. The topological polar surface area (TPSA) is 39.2 Å². The Hall–Kier alpha value is -2.23. The predicted octanol–water partition coefficient (Wildman–Crippen LogP) is 2.67. The van der Waals surface area contributed by atoms with Gasteiger partial charge in [-0.15, -0.1) is 0 Å². The quantitative estimate of drug-likeness (QED) is 0.746. The summed E-state index contributed by atoms with van der Waals surface area (Å²) in [6.45, 7) is 0. The number of methoxy groups -OCH3 is 1. The molecule has 17 heavy (non-hydrogen) atoms. The summed E-state index contributed by atoms with van der Waals surface area (Å²) < 4.78 is 17.9. The highest BCUT2D eigenvalue weighted by Crippen LogP contribution is 2.21. The number of carbonyl (C=O) groups excluding carboxylic acids is 1. The van der Waals surface area contributed by atoms with E-state index >= 15 is 0 Å². The van der Waals surface area contributed by atoms with Crippen molar-refractivity contribution in [3.05, 3.63) is 54.1 Å². The van der Waals surface area contributed by atoms with Gasteiger partial charge in [0.05, 0.1) is 12.7 Å². The molecular formula is C13H10FNO2. The number of aromatic nitrogens is 1. The molecule has 0 aliphatic carbocycles. The highest BCUT2D eigenvalue weighted by molar-refractivity contribution is 5.91. The molecule has 0 amide bonds. The van der Waals surface area contributed by atoms with Crippen molar-refractivity contribution in [3.8, 4) is 11.1 Å². The van der Waals surface area contributed by atoms with Crippen LogP contribution < -0.4 is 0 Å². The molecule has 86 valence electrons. The molecule has 0 atom stereocenters. The van der Waals surface area contributed by atoms with Gasteiger partial charge >= 0.3 is 5.97 Å². The van der Waals surface area contributed by atoms with E-state index in [0.29, 0.717) is 0 Å². The summed E-state index contributed by atoms with van der Waals surface area (Å²) in [7, 11) is 1.22. The van der Waals surface area contributed by atoms with Gasteiger partial charge in [-0.1, -0.05) is 12.1 Å². The van der Waals surface area contributed by atoms with Crippen LogP contribution in [-0.4, -0.2) is 18.1 Å². The van der Waals surface area contributed by atoms with E-state index in [2.05, 4.69) is 9.72 Å². The lowest BCUT2D eigenvalue weighted by molar-refractivity contribution is 0.0595. The minimum absolute atomic E-state index is 0.0751. The minimum atomic E-state index is -0.687. The van der Waals surface area contributed by atoms with Gasteiger partial charge in [0.15, 0.2) is 0 Å². The Bertz CT molecular complexity index is 540. The third kappa shape index (κ3) is 2.30. The predicted molar refractivity (Wildman–Crippen MR) is 61.0 cm³/mol. The van der Waals surface area contributed by atoms with E-state index in [1.807, 2.05) is 6.07 Å². The van der Waals surface area contributed by atoms with E-state index in [1.165, 1.54) is 19.2 Å². The molecular weight excluding hydrogens is 221 g/mol. The molecule has 2 aromatic rings. The summed E-state index contributed by atoms with van der Waals surface area (Å²) in [5.74, 6) is -1.28. The Labute approximate surface area is 97.9 Å². The van der Waals surface area contributed by atoms with Gasteiger partial charge in [-0.3, -0.25) is 4.98 Å². The lowest BCUT2D eigenvalue weighted by atomic mass is 10.0. The number of hydrogen-bond acceptors (Lipinski definition) is 3. The molecule has 0 spiro atoms. The number of benzene rings is 1. The second-order valence-corrected chi connectivity index (χ2v) is 3.43. The lowest BCUT2D eigenvalue weighted by Crippen LogP contribution is -2.04. The third-order valence-electron chi connectivity index (χ3n) is 2.37. The van der Waals surface area contributed by atoms with Crippen LogP contribution in [0.3, 0.4) is 0 Å². The van der Waals surface area contributed by atoms with Crippen molar-refractivity contribution in [3.63, 3.8) is 0 Å². The summed E-state index contributed by atoms with van der Waals surface area (Å²) in [5.41, 5.74) is 1.46. The van der Waals surface area contributed by atoms with Crippen molar-refractivity contribution >= 4 is 5.97 Å². The minimum Gasteiger partial charge on any atom is -0.465 e. The Morgan fingerprint density at radius 3 is 2.76 bits per heavy atom. The largest absolute Gasteiger partial charge is 0.465 e. The molecule has 0 radical (unpaired) electrons. The van der Waals surface area contributed by atoms with E-state index in [9.17, 15) is 9.18 Å². The van der Waals surface area contributed by atoms with E-state index in [4.69, 9.17) is 0 Å². The first-order valence-electron chi connectivity index (χ1n) is 5.00. The van der Waals surface area contributed by atoms with E-state index < -0.39 is 11.8 Å². The number of halogens is 1. The molecule has 0 unspecified atom stereocenters. The van der Waals surface area contributed by atoms with Crippen molar-refractivity contribution in [2.75, 3.05) is 7.11 Å². The molecule has 0 aliphatic heterocycles. The van der Waals surface area contributed by atoms with Gasteiger partial charge in [-0.25, -0.2) is 9.18 Å². The SMILES string of the molecule is COC(=O)c1cc(-c2cccnc2)ccc1F. The number of ether oxygens (including phenoxy) is 1. The Kier molecular flexibility index (Phi) is 3.14. The first-order chi connectivity index (χ1) is 8.22. The van der Waals surface area contributed by atoms with Gasteiger partial charge in [-0.2, -0.15) is 0 Å². The smallest absolute Gasteiger partial charge is 0.340 e. The summed E-state index contributed by atoms with van der Waals surface area (Å²) in [6.07, 6.45) is 3.29. The highest BCUT2D eigenvalue weighted by Gasteiger charge is 2.13. The summed E-state index contributed by atoms with van der Waals surface area (Å²) >= 11 is 0. The lowest BCUT2D eigenvalue weighted by Gasteiger charge is -2.05. The number of esters is 1. The number of hydrogen-bond donors (Lipinski definition) is 0. The molecule has 1 aromatic heterocycles. The van der Waals surface area contributed by atoms with Crippen LogP contribution in [0.25, 0.3) is 11.1 Å². The molecule has 0 N–H and O–H groups in total. The average molecular weight is 231 g/mol. The number of nitrogens with zero attached hydrogens (tertiary/aromatic N) is 1. The number of rotatable bonds is 2. The van der Waals surface area contributed by atoms with Gasteiger partial charge < -0.3 is 4.74 Å². The molecule has 0 aliphatic rings. The zero-order chi connectivity index (χ0) is 12.3. The van der Waals surface area contributed by atoms with Gasteiger partial charge in [0.1, 0.15) is 5.82 Å². The Balaban J connectivity index is 2.48.